The Kier molecular flexibility index (Phi) is 4.92. The molecule has 1 aliphatic heterocycles. The molecule has 2 aromatic rings. The lowest BCUT2D eigenvalue weighted by Crippen LogP contribution is -2.40. The monoisotopic (exact) mass is 314 g/mol. The summed E-state index contributed by atoms with van der Waals surface area (Å²) < 4.78 is 7.16. The lowest BCUT2D eigenvalue weighted by atomic mass is 10.0. The van der Waals surface area contributed by atoms with E-state index >= 15 is 0 Å². The van der Waals surface area contributed by atoms with Crippen LogP contribution in [0.1, 0.15) is 18.9 Å². The number of amides is 2. The van der Waals surface area contributed by atoms with Gasteiger partial charge in [-0.25, -0.2) is 4.79 Å². The van der Waals surface area contributed by atoms with E-state index in [1.807, 2.05) is 43.5 Å². The second-order valence-corrected chi connectivity index (χ2v) is 5.92. The molecule has 2 amide bonds. The molecule has 1 aromatic heterocycles. The highest BCUT2D eigenvalue weighted by Crippen LogP contribution is 2.16. The predicted molar refractivity (Wildman–Crippen MR) is 88.3 cm³/mol. The molecule has 6 nitrogen and oxygen atoms in total. The van der Waals surface area contributed by atoms with E-state index in [0.29, 0.717) is 18.2 Å². The van der Waals surface area contributed by atoms with Gasteiger partial charge in [0, 0.05) is 24.8 Å². The van der Waals surface area contributed by atoms with Gasteiger partial charge in [0.15, 0.2) is 0 Å². The Balaban J connectivity index is 1.51. The molecule has 0 saturated carbocycles. The minimum Gasteiger partial charge on any atom is -0.381 e. The van der Waals surface area contributed by atoms with E-state index in [1.165, 1.54) is 5.56 Å². The van der Waals surface area contributed by atoms with E-state index in [2.05, 4.69) is 15.7 Å². The summed E-state index contributed by atoms with van der Waals surface area (Å²) in [6.45, 7) is 4.19. The van der Waals surface area contributed by atoms with Crippen molar-refractivity contribution in [3.63, 3.8) is 0 Å². The van der Waals surface area contributed by atoms with E-state index < -0.39 is 0 Å². The largest absolute Gasteiger partial charge is 0.381 e. The molecule has 122 valence electrons. The zero-order valence-electron chi connectivity index (χ0n) is 13.2. The summed E-state index contributed by atoms with van der Waals surface area (Å²) in [5.74, 6) is 0.390. The van der Waals surface area contributed by atoms with Crippen molar-refractivity contribution in [3.05, 3.63) is 48.3 Å². The summed E-state index contributed by atoms with van der Waals surface area (Å²) in [5, 5.41) is 10.1. The standard InChI is InChI=1S/C17H22N4O2/c1-13(15-7-8-23-12-15)19-17(22)20-16-9-18-21(11-16)10-14-5-3-2-4-6-14/h2-6,9,11,13,15H,7-8,10,12H2,1H3,(H2,19,20,22)/t13-,15-/m1/s1. The minimum atomic E-state index is -0.205. The van der Waals surface area contributed by atoms with Gasteiger partial charge in [-0.3, -0.25) is 4.68 Å². The zero-order chi connectivity index (χ0) is 16.1. The maximum Gasteiger partial charge on any atom is 0.319 e. The normalized spacial score (nSPS) is 18.6. The van der Waals surface area contributed by atoms with E-state index in [9.17, 15) is 4.79 Å². The molecule has 0 aliphatic carbocycles. The van der Waals surface area contributed by atoms with Gasteiger partial charge in [-0.05, 0) is 18.9 Å². The summed E-state index contributed by atoms with van der Waals surface area (Å²) in [6.07, 6.45) is 4.48. The van der Waals surface area contributed by atoms with Gasteiger partial charge in [0.1, 0.15) is 0 Å². The minimum absolute atomic E-state index is 0.0943. The van der Waals surface area contributed by atoms with Crippen molar-refractivity contribution in [3.8, 4) is 0 Å². The van der Waals surface area contributed by atoms with Crippen molar-refractivity contribution >= 4 is 11.7 Å². The molecule has 0 bridgehead atoms. The van der Waals surface area contributed by atoms with Crippen molar-refractivity contribution in [1.82, 2.24) is 15.1 Å². The number of hydrogen-bond donors (Lipinski definition) is 2. The predicted octanol–water partition coefficient (Wildman–Crippen LogP) is 2.48. The molecule has 23 heavy (non-hydrogen) atoms. The lowest BCUT2D eigenvalue weighted by molar-refractivity contribution is 0.178. The van der Waals surface area contributed by atoms with Gasteiger partial charge in [0.25, 0.3) is 0 Å². The Morgan fingerprint density at radius 1 is 1.43 bits per heavy atom. The van der Waals surface area contributed by atoms with Crippen LogP contribution in [0, 0.1) is 5.92 Å². The van der Waals surface area contributed by atoms with Crippen LogP contribution in [0.15, 0.2) is 42.7 Å². The van der Waals surface area contributed by atoms with Crippen LogP contribution < -0.4 is 10.6 Å². The molecule has 6 heteroatoms. The van der Waals surface area contributed by atoms with Crippen molar-refractivity contribution in [2.75, 3.05) is 18.5 Å². The van der Waals surface area contributed by atoms with Crippen LogP contribution in [0.4, 0.5) is 10.5 Å². The van der Waals surface area contributed by atoms with E-state index in [0.717, 1.165) is 19.6 Å². The van der Waals surface area contributed by atoms with Crippen molar-refractivity contribution in [2.45, 2.75) is 25.9 Å². The number of anilines is 1. The van der Waals surface area contributed by atoms with Crippen LogP contribution in [0.3, 0.4) is 0 Å². The van der Waals surface area contributed by atoms with Gasteiger partial charge >= 0.3 is 6.03 Å². The number of carbonyl (C=O) groups is 1. The van der Waals surface area contributed by atoms with Gasteiger partial charge in [-0.15, -0.1) is 0 Å². The average molecular weight is 314 g/mol. The maximum atomic E-state index is 12.0. The zero-order valence-corrected chi connectivity index (χ0v) is 13.2. The first-order valence-electron chi connectivity index (χ1n) is 7.92. The van der Waals surface area contributed by atoms with Gasteiger partial charge in [0.05, 0.1) is 25.0 Å². The molecule has 0 spiro atoms. The van der Waals surface area contributed by atoms with Crippen LogP contribution in [-0.2, 0) is 11.3 Å². The molecule has 2 atom stereocenters. The third kappa shape index (κ3) is 4.32. The molecule has 1 saturated heterocycles. The third-order valence-electron chi connectivity index (χ3n) is 4.11. The van der Waals surface area contributed by atoms with E-state index in [4.69, 9.17) is 4.74 Å². The Morgan fingerprint density at radius 2 is 2.26 bits per heavy atom. The summed E-state index contributed by atoms with van der Waals surface area (Å²) in [7, 11) is 0. The second-order valence-electron chi connectivity index (χ2n) is 5.92. The van der Waals surface area contributed by atoms with Crippen LogP contribution in [0.25, 0.3) is 0 Å². The number of carbonyl (C=O) groups excluding carboxylic acids is 1. The highest BCUT2D eigenvalue weighted by atomic mass is 16.5. The molecule has 2 N–H and O–H groups in total. The number of rotatable bonds is 5. The van der Waals surface area contributed by atoms with Crippen molar-refractivity contribution in [1.29, 1.82) is 0 Å². The number of nitrogens with one attached hydrogen (secondary N) is 2. The van der Waals surface area contributed by atoms with Gasteiger partial charge in [-0.2, -0.15) is 5.10 Å². The number of benzene rings is 1. The molecule has 3 rings (SSSR count). The van der Waals surface area contributed by atoms with Crippen LogP contribution in [0.2, 0.25) is 0 Å². The molecule has 0 radical (unpaired) electrons. The first kappa shape index (κ1) is 15.6. The van der Waals surface area contributed by atoms with Crippen LogP contribution >= 0.6 is 0 Å². The Hall–Kier alpha value is -2.34. The Bertz CT molecular complexity index is 635. The molecule has 1 fully saturated rings. The SMILES string of the molecule is C[C@@H](NC(=O)Nc1cnn(Cc2ccccc2)c1)[C@@H]1CCOC1. The molecular weight excluding hydrogens is 292 g/mol. The van der Waals surface area contributed by atoms with Crippen molar-refractivity contribution in [2.24, 2.45) is 5.92 Å². The number of urea groups is 1. The Labute approximate surface area is 135 Å². The number of ether oxygens (including phenoxy) is 1. The van der Waals surface area contributed by atoms with Crippen LogP contribution in [-0.4, -0.2) is 35.1 Å². The Morgan fingerprint density at radius 3 is 3.00 bits per heavy atom. The van der Waals surface area contributed by atoms with Crippen molar-refractivity contribution < 1.29 is 9.53 Å². The second kappa shape index (κ2) is 7.28. The number of hydrogen-bond acceptors (Lipinski definition) is 3. The lowest BCUT2D eigenvalue weighted by Gasteiger charge is -2.19. The van der Waals surface area contributed by atoms with E-state index in [-0.39, 0.29) is 12.1 Å². The fourth-order valence-corrected chi connectivity index (χ4v) is 2.72. The summed E-state index contributed by atoms with van der Waals surface area (Å²) in [4.78, 5) is 12.0. The average Bonchev–Trinajstić information content (AvgIpc) is 3.20. The topological polar surface area (TPSA) is 68.2 Å². The van der Waals surface area contributed by atoms with E-state index in [1.54, 1.807) is 10.9 Å². The third-order valence-corrected chi connectivity index (χ3v) is 4.11. The van der Waals surface area contributed by atoms with Gasteiger partial charge in [-0.1, -0.05) is 30.3 Å². The molecule has 2 heterocycles. The molecular formula is C17H22N4O2. The maximum absolute atomic E-state index is 12.0. The fraction of sp³-hybridized carbons (Fsp3) is 0.412. The highest BCUT2D eigenvalue weighted by molar-refractivity contribution is 5.89. The highest BCUT2D eigenvalue weighted by Gasteiger charge is 2.23. The fourth-order valence-electron chi connectivity index (χ4n) is 2.72. The summed E-state index contributed by atoms with van der Waals surface area (Å²) in [6, 6.07) is 9.97. The molecule has 1 aliphatic rings. The number of nitrogens with zero attached hydrogens (tertiary/aromatic N) is 2. The molecule has 0 unspecified atom stereocenters. The quantitative estimate of drug-likeness (QED) is 0.891. The number of aromatic nitrogens is 2. The first-order valence-corrected chi connectivity index (χ1v) is 7.92. The molecule has 1 aromatic carbocycles. The summed E-state index contributed by atoms with van der Waals surface area (Å²) in [5.41, 5.74) is 1.86. The summed E-state index contributed by atoms with van der Waals surface area (Å²) >= 11 is 0. The van der Waals surface area contributed by atoms with Crippen LogP contribution in [0.5, 0.6) is 0 Å². The van der Waals surface area contributed by atoms with Gasteiger partial charge < -0.3 is 15.4 Å². The van der Waals surface area contributed by atoms with Gasteiger partial charge in [0.2, 0.25) is 0 Å². The first-order chi connectivity index (χ1) is 11.2. The smallest absolute Gasteiger partial charge is 0.319 e.